The molecule has 2 rings (SSSR count). The topological polar surface area (TPSA) is 93.6 Å². The highest BCUT2D eigenvalue weighted by Gasteiger charge is 2.34. The van der Waals surface area contributed by atoms with E-state index >= 15 is 0 Å². The van der Waals surface area contributed by atoms with Crippen molar-refractivity contribution in [1.82, 2.24) is 4.98 Å². The largest absolute Gasteiger partial charge is 0.507 e. The Morgan fingerprint density at radius 3 is 2.43 bits per heavy atom. The van der Waals surface area contributed by atoms with E-state index in [0.717, 1.165) is 18.3 Å². The first-order valence-corrected chi connectivity index (χ1v) is 5.70. The molecule has 0 aliphatic carbocycles. The summed E-state index contributed by atoms with van der Waals surface area (Å²) in [7, 11) is -2.08. The van der Waals surface area contributed by atoms with Crippen molar-refractivity contribution in [1.29, 1.82) is 0 Å². The molecule has 1 heterocycles. The van der Waals surface area contributed by atoms with Gasteiger partial charge in [-0.1, -0.05) is 12.1 Å². The minimum absolute atomic E-state index is 0.0151. The summed E-state index contributed by atoms with van der Waals surface area (Å²) in [6.45, 7) is 0. The Bertz CT molecular complexity index is 727. The van der Waals surface area contributed by atoms with E-state index in [1.54, 1.807) is 0 Å². The van der Waals surface area contributed by atoms with Crippen LogP contribution in [0.25, 0.3) is 11.1 Å². The Balaban J connectivity index is 2.63. The van der Waals surface area contributed by atoms with Crippen molar-refractivity contribution in [3.8, 4) is 16.9 Å². The van der Waals surface area contributed by atoms with Crippen LogP contribution in [0.15, 0.2) is 35.3 Å². The molecule has 0 saturated heterocycles. The highest BCUT2D eigenvalue weighted by Crippen LogP contribution is 2.40. The van der Waals surface area contributed by atoms with Gasteiger partial charge in [-0.15, -0.1) is 0 Å². The van der Waals surface area contributed by atoms with Gasteiger partial charge in [0, 0.05) is 22.8 Å². The van der Waals surface area contributed by atoms with Gasteiger partial charge in [0.05, 0.1) is 5.56 Å². The molecule has 5 nitrogen and oxygen atoms in total. The molecule has 4 N–H and O–H groups in total. The molecule has 0 saturated carbocycles. The molecule has 0 radical (unpaired) electrons. The monoisotopic (exact) mass is 299 g/mol. The zero-order chi connectivity index (χ0) is 15.8. The van der Waals surface area contributed by atoms with Crippen molar-refractivity contribution in [2.45, 2.75) is 6.18 Å². The molecule has 0 amide bonds. The lowest BCUT2D eigenvalue weighted by Gasteiger charge is -2.12. The van der Waals surface area contributed by atoms with Crippen molar-refractivity contribution < 1.29 is 28.3 Å². The third kappa shape index (κ3) is 2.93. The highest BCUT2D eigenvalue weighted by atomic mass is 19.4. The zero-order valence-electron chi connectivity index (χ0n) is 10.3. The second kappa shape index (κ2) is 5.26. The molecule has 0 aliphatic heterocycles. The third-order valence-corrected chi connectivity index (χ3v) is 2.86. The van der Waals surface area contributed by atoms with Crippen LogP contribution in [0.4, 0.5) is 13.2 Å². The number of phenolic OH excluding ortho intramolecular Hbond substituents is 1. The molecular weight excluding hydrogens is 290 g/mol. The summed E-state index contributed by atoms with van der Waals surface area (Å²) in [6.07, 6.45) is -3.66. The Kier molecular flexibility index (Phi) is 3.79. The number of benzene rings is 1. The van der Waals surface area contributed by atoms with Crippen LogP contribution in [0.5, 0.6) is 5.75 Å². The van der Waals surface area contributed by atoms with Crippen molar-refractivity contribution in [2.24, 2.45) is 0 Å². The maximum Gasteiger partial charge on any atom is 0.494 e. The molecule has 1 aromatic carbocycles. The molecule has 0 aliphatic rings. The SMILES string of the molecule is O=c1[nH]cc(-c2cccc(C(F)(F)F)c2O)cc1B(O)O. The number of rotatable bonds is 2. The first-order valence-electron chi connectivity index (χ1n) is 5.70. The van der Waals surface area contributed by atoms with Gasteiger partial charge in [0.2, 0.25) is 5.56 Å². The minimum atomic E-state index is -4.73. The molecule has 9 heteroatoms. The van der Waals surface area contributed by atoms with E-state index in [4.69, 9.17) is 10.0 Å². The maximum atomic E-state index is 12.7. The van der Waals surface area contributed by atoms with Crippen LogP contribution in [0.2, 0.25) is 0 Å². The third-order valence-electron chi connectivity index (χ3n) is 2.86. The number of aromatic hydroxyl groups is 1. The van der Waals surface area contributed by atoms with Crippen molar-refractivity contribution in [2.75, 3.05) is 0 Å². The molecule has 0 bridgehead atoms. The van der Waals surface area contributed by atoms with E-state index in [1.807, 2.05) is 0 Å². The summed E-state index contributed by atoms with van der Waals surface area (Å²) >= 11 is 0. The number of para-hydroxylation sites is 1. The number of nitrogens with one attached hydrogen (secondary N) is 1. The van der Waals surface area contributed by atoms with E-state index in [9.17, 15) is 23.1 Å². The van der Waals surface area contributed by atoms with Gasteiger partial charge in [0.25, 0.3) is 0 Å². The van der Waals surface area contributed by atoms with E-state index < -0.39 is 35.6 Å². The summed E-state index contributed by atoms with van der Waals surface area (Å²) in [5.74, 6) is -1.00. The summed E-state index contributed by atoms with van der Waals surface area (Å²) in [6, 6.07) is 4.02. The highest BCUT2D eigenvalue weighted by molar-refractivity contribution is 6.58. The average Bonchev–Trinajstić information content (AvgIpc) is 2.38. The molecule has 110 valence electrons. The quantitative estimate of drug-likeness (QED) is 0.606. The predicted octanol–water partition coefficient (Wildman–Crippen LogP) is 0.446. The van der Waals surface area contributed by atoms with E-state index in [-0.39, 0.29) is 11.1 Å². The van der Waals surface area contributed by atoms with Crippen LogP contribution in [-0.2, 0) is 6.18 Å². The van der Waals surface area contributed by atoms with Gasteiger partial charge in [-0.2, -0.15) is 13.2 Å². The Morgan fingerprint density at radius 2 is 1.86 bits per heavy atom. The normalized spacial score (nSPS) is 11.5. The number of halogens is 3. The van der Waals surface area contributed by atoms with Crippen LogP contribution in [0.1, 0.15) is 5.56 Å². The molecule has 21 heavy (non-hydrogen) atoms. The lowest BCUT2D eigenvalue weighted by atomic mass is 9.80. The van der Waals surface area contributed by atoms with Crippen LogP contribution in [0, 0.1) is 0 Å². The van der Waals surface area contributed by atoms with Crippen LogP contribution < -0.4 is 11.0 Å². The van der Waals surface area contributed by atoms with Gasteiger partial charge in [-0.05, 0) is 12.1 Å². The van der Waals surface area contributed by atoms with Crippen molar-refractivity contribution in [3.05, 3.63) is 46.4 Å². The molecule has 0 spiro atoms. The Labute approximate surface area is 116 Å². The minimum Gasteiger partial charge on any atom is -0.507 e. The van der Waals surface area contributed by atoms with Gasteiger partial charge in [-0.25, -0.2) is 0 Å². The van der Waals surface area contributed by atoms with E-state index in [2.05, 4.69) is 4.98 Å². The number of hydrogen-bond donors (Lipinski definition) is 4. The van der Waals surface area contributed by atoms with Gasteiger partial charge >= 0.3 is 13.3 Å². The van der Waals surface area contributed by atoms with Gasteiger partial charge in [-0.3, -0.25) is 4.79 Å². The molecule has 0 unspecified atom stereocenters. The summed E-state index contributed by atoms with van der Waals surface area (Å²) in [5, 5.41) is 27.8. The van der Waals surface area contributed by atoms with Crippen LogP contribution in [-0.4, -0.2) is 27.3 Å². The van der Waals surface area contributed by atoms with Crippen LogP contribution >= 0.6 is 0 Å². The number of pyridine rings is 1. The van der Waals surface area contributed by atoms with Gasteiger partial charge < -0.3 is 20.1 Å². The van der Waals surface area contributed by atoms with Crippen molar-refractivity contribution >= 4 is 12.6 Å². The zero-order valence-corrected chi connectivity index (χ0v) is 10.3. The average molecular weight is 299 g/mol. The van der Waals surface area contributed by atoms with E-state index in [0.29, 0.717) is 6.07 Å². The van der Waals surface area contributed by atoms with Crippen molar-refractivity contribution in [3.63, 3.8) is 0 Å². The first-order chi connectivity index (χ1) is 9.71. The van der Waals surface area contributed by atoms with Gasteiger partial charge in [0.15, 0.2) is 0 Å². The molecule has 1 aromatic heterocycles. The number of H-pyrrole nitrogens is 1. The van der Waals surface area contributed by atoms with Gasteiger partial charge in [0.1, 0.15) is 5.75 Å². The fourth-order valence-electron chi connectivity index (χ4n) is 1.85. The predicted molar refractivity (Wildman–Crippen MR) is 69.0 cm³/mol. The number of alkyl halides is 3. The molecule has 0 fully saturated rings. The lowest BCUT2D eigenvalue weighted by molar-refractivity contribution is -0.138. The fourth-order valence-corrected chi connectivity index (χ4v) is 1.85. The second-order valence-corrected chi connectivity index (χ2v) is 4.25. The van der Waals surface area contributed by atoms with E-state index in [1.165, 1.54) is 6.07 Å². The second-order valence-electron chi connectivity index (χ2n) is 4.25. The number of aromatic amines is 1. The fraction of sp³-hybridized carbons (Fsp3) is 0.0833. The summed E-state index contributed by atoms with van der Waals surface area (Å²) in [4.78, 5) is 13.5. The standard InChI is InChI=1S/C12H9BF3NO4/c14-12(15,16)8-3-1-2-7(10(8)18)6-4-9(13(20)21)11(19)17-5-6/h1-5,18,20-21H,(H,17,19). The molecule has 2 aromatic rings. The summed E-state index contributed by atoms with van der Waals surface area (Å²) in [5.41, 5.74) is -2.63. The number of hydrogen-bond acceptors (Lipinski definition) is 4. The molecule has 0 atom stereocenters. The lowest BCUT2D eigenvalue weighted by Crippen LogP contribution is -2.42. The number of aromatic nitrogens is 1. The summed E-state index contributed by atoms with van der Waals surface area (Å²) < 4.78 is 38.2. The van der Waals surface area contributed by atoms with Crippen LogP contribution in [0.3, 0.4) is 0 Å². The Hall–Kier alpha value is -2.26. The first kappa shape index (κ1) is 15.1. The smallest absolute Gasteiger partial charge is 0.494 e. The maximum absolute atomic E-state index is 12.7. The Morgan fingerprint density at radius 1 is 1.19 bits per heavy atom. The molecular formula is C12H9BF3NO4. The number of phenols is 1.